The van der Waals surface area contributed by atoms with E-state index in [9.17, 15) is 14.6 Å². The number of hydrogen-bond acceptors (Lipinski definition) is 10. The number of aliphatic hydroxyl groups excluding tert-OH is 1. The molecule has 5 N–H and O–H groups in total. The lowest BCUT2D eigenvalue weighted by Crippen LogP contribution is -2.41. The summed E-state index contributed by atoms with van der Waals surface area (Å²) in [5.41, 5.74) is 5.87. The lowest BCUT2D eigenvalue weighted by Gasteiger charge is -2.34. The first kappa shape index (κ1) is 16.1. The number of anilines is 1. The summed E-state index contributed by atoms with van der Waals surface area (Å²) >= 11 is 3.21. The second-order valence-corrected chi connectivity index (χ2v) is 7.29. The van der Waals surface area contributed by atoms with Gasteiger partial charge in [-0.05, 0) is 15.9 Å². The molecule has 130 valence electrons. The molecule has 4 unspecified atom stereocenters. The standard InChI is InChI=1S/C10H11BrN5O7P/c11-9-13-3-6(14-10(12)15-7(3)18)16(9)8-4(17)5-2(22-8)1-21-24(19,20)23-5/h2,4-5,8,17H,1H2,(H,19,20)(H3,12,14,15,18)/t2?,4?,5-,8?/m0/s1. The van der Waals surface area contributed by atoms with Gasteiger partial charge in [0.1, 0.15) is 18.3 Å². The van der Waals surface area contributed by atoms with E-state index in [4.69, 9.17) is 20.1 Å². The maximum Gasteiger partial charge on any atom is 0.390 e. The van der Waals surface area contributed by atoms with Crippen LogP contribution in [0.3, 0.4) is 0 Å². The maximum atomic E-state index is 11.4. The van der Waals surface area contributed by atoms with Crippen molar-refractivity contribution >= 4 is 40.9 Å². The molecule has 0 aromatic carbocycles. The highest BCUT2D eigenvalue weighted by molar-refractivity contribution is 9.10. The van der Waals surface area contributed by atoms with E-state index in [2.05, 4.69) is 35.4 Å². The molecule has 0 saturated carbocycles. The van der Waals surface area contributed by atoms with E-state index in [0.717, 1.165) is 0 Å². The summed E-state index contributed by atoms with van der Waals surface area (Å²) in [6.07, 6.45) is -4.30. The Morgan fingerprint density at radius 2 is 2.21 bits per heavy atom. The minimum Gasteiger partial charge on any atom is -0.756 e. The van der Waals surface area contributed by atoms with Crippen LogP contribution >= 0.6 is 23.8 Å². The van der Waals surface area contributed by atoms with Gasteiger partial charge in [0.25, 0.3) is 7.82 Å². The number of ether oxygens (including phenoxy) is 1. The number of nitrogens with two attached hydrogens (primary N) is 1. The Morgan fingerprint density at radius 1 is 1.46 bits per heavy atom. The predicted molar refractivity (Wildman–Crippen MR) is 78.8 cm³/mol. The monoisotopic (exact) mass is 423 g/mol. The van der Waals surface area contributed by atoms with Crippen molar-refractivity contribution in [1.29, 1.82) is 0 Å². The highest BCUT2D eigenvalue weighted by Gasteiger charge is 2.51. The van der Waals surface area contributed by atoms with E-state index in [1.54, 1.807) is 0 Å². The number of rotatable bonds is 1. The van der Waals surface area contributed by atoms with E-state index < -0.39 is 32.4 Å². The van der Waals surface area contributed by atoms with Crippen LogP contribution in [-0.4, -0.2) is 54.7 Å². The predicted octanol–water partition coefficient (Wildman–Crippen LogP) is -1.25. The van der Waals surface area contributed by atoms with Gasteiger partial charge in [0, 0.05) is 0 Å². The molecule has 2 fully saturated rings. The number of fused-ring (bicyclic) bond motifs is 2. The van der Waals surface area contributed by atoms with Crippen molar-refractivity contribution in [2.24, 2.45) is 0 Å². The Bertz CT molecular complexity index is 877. The minimum atomic E-state index is -4.48. The van der Waals surface area contributed by atoms with E-state index in [1.807, 2.05) is 0 Å². The van der Waals surface area contributed by atoms with Crippen LogP contribution < -0.4 is 10.6 Å². The molecular weight excluding hydrogens is 413 g/mol. The molecule has 0 aliphatic carbocycles. The fraction of sp³-hybridized carbons (Fsp3) is 0.500. The van der Waals surface area contributed by atoms with Crippen LogP contribution in [0, 0.1) is 0 Å². The average Bonchev–Trinajstić information content (AvgIpc) is 2.96. The van der Waals surface area contributed by atoms with Crippen molar-refractivity contribution in [2.45, 2.75) is 24.5 Å². The Hall–Kier alpha value is -1.34. The number of hydrogen-bond donors (Lipinski definition) is 2. The van der Waals surface area contributed by atoms with Crippen molar-refractivity contribution in [3.05, 3.63) is 4.73 Å². The van der Waals surface area contributed by atoms with Gasteiger partial charge in [-0.15, -0.1) is 4.98 Å². The lowest BCUT2D eigenvalue weighted by molar-refractivity contribution is -0.245. The van der Waals surface area contributed by atoms with Crippen LogP contribution in [0.25, 0.3) is 11.2 Å². The molecule has 14 heteroatoms. The Morgan fingerprint density at radius 3 is 2.96 bits per heavy atom. The van der Waals surface area contributed by atoms with E-state index in [0.29, 0.717) is 0 Å². The van der Waals surface area contributed by atoms with Gasteiger partial charge in [-0.25, -0.2) is 4.98 Å². The second-order valence-electron chi connectivity index (χ2n) is 5.22. The van der Waals surface area contributed by atoms with Gasteiger partial charge in [0.05, 0.1) is 6.61 Å². The highest BCUT2D eigenvalue weighted by atomic mass is 79.9. The number of nitrogens with zero attached hydrogens (tertiary/aromatic N) is 4. The van der Waals surface area contributed by atoms with Gasteiger partial charge in [-0.2, -0.15) is 4.98 Å². The van der Waals surface area contributed by atoms with Crippen molar-refractivity contribution < 1.29 is 33.5 Å². The highest BCUT2D eigenvalue weighted by Crippen LogP contribution is 2.50. The molecule has 0 spiro atoms. The third kappa shape index (κ3) is 2.40. The summed E-state index contributed by atoms with van der Waals surface area (Å²) in [5, 5.41) is 18.2. The molecule has 24 heavy (non-hydrogen) atoms. The molecule has 2 aliphatic rings. The summed E-state index contributed by atoms with van der Waals surface area (Å²) in [7, 11) is -4.48. The first-order valence-corrected chi connectivity index (χ1v) is 8.92. The molecule has 0 amide bonds. The molecule has 4 heterocycles. The molecule has 0 radical (unpaired) electrons. The Kier molecular flexibility index (Phi) is 3.58. The van der Waals surface area contributed by atoms with Gasteiger partial charge >= 0.3 is 5.88 Å². The molecule has 12 nitrogen and oxygen atoms in total. The van der Waals surface area contributed by atoms with Crippen molar-refractivity contribution in [2.75, 3.05) is 12.3 Å². The smallest absolute Gasteiger partial charge is 0.390 e. The van der Waals surface area contributed by atoms with Crippen LogP contribution in [0.15, 0.2) is 4.73 Å². The first-order chi connectivity index (χ1) is 11.3. The van der Waals surface area contributed by atoms with Crippen LogP contribution in [0.2, 0.25) is 0 Å². The third-order valence-corrected chi connectivity index (χ3v) is 5.25. The summed E-state index contributed by atoms with van der Waals surface area (Å²) in [5.74, 6) is -0.333. The van der Waals surface area contributed by atoms with Gasteiger partial charge in [0.2, 0.25) is 11.5 Å². The number of halogens is 1. The Balaban J connectivity index is 1.79. The van der Waals surface area contributed by atoms with Gasteiger partial charge in [-0.3, -0.25) is 9.13 Å². The number of phosphoric acid groups is 1. The molecule has 5 atom stereocenters. The number of aromatic nitrogens is 4. The summed E-state index contributed by atoms with van der Waals surface area (Å²) < 4.78 is 28.0. The SMILES string of the molecule is Nc1nc([OH2+])c2nc(Br)n(C3OC4COP(=O)([O-])O[C@@H]4C3O)c2n1. The van der Waals surface area contributed by atoms with Crippen molar-refractivity contribution in [3.8, 4) is 5.88 Å². The first-order valence-electron chi connectivity index (χ1n) is 6.67. The number of aliphatic hydroxyl groups is 1. The third-order valence-electron chi connectivity index (χ3n) is 3.73. The number of phosphoric ester groups is 1. The fourth-order valence-corrected chi connectivity index (χ4v) is 4.23. The van der Waals surface area contributed by atoms with Crippen molar-refractivity contribution in [3.63, 3.8) is 0 Å². The average molecular weight is 424 g/mol. The molecule has 2 aromatic heterocycles. The van der Waals surface area contributed by atoms with E-state index in [-0.39, 0.29) is 34.3 Å². The van der Waals surface area contributed by atoms with Crippen molar-refractivity contribution in [1.82, 2.24) is 19.5 Å². The Labute approximate surface area is 141 Å². The zero-order valence-corrected chi connectivity index (χ0v) is 14.2. The molecule has 4 rings (SSSR count). The van der Waals surface area contributed by atoms with Gasteiger partial charge in [-0.1, -0.05) is 0 Å². The second kappa shape index (κ2) is 5.33. The zero-order valence-electron chi connectivity index (χ0n) is 11.7. The van der Waals surface area contributed by atoms with Gasteiger partial charge < -0.3 is 34.6 Å². The number of imidazole rings is 1. The fourth-order valence-electron chi connectivity index (χ4n) is 2.73. The topological polar surface area (TPSA) is 181 Å². The van der Waals surface area contributed by atoms with E-state index >= 15 is 0 Å². The lowest BCUT2D eigenvalue weighted by atomic mass is 10.1. The van der Waals surface area contributed by atoms with Gasteiger partial charge in [0.15, 0.2) is 16.6 Å². The van der Waals surface area contributed by atoms with Crippen LogP contribution in [0.4, 0.5) is 5.95 Å². The normalized spacial score (nSPS) is 36.1. The number of nitrogen functional groups attached to an aromatic ring is 1. The molecule has 0 bridgehead atoms. The van der Waals surface area contributed by atoms with Crippen LogP contribution in [0.1, 0.15) is 6.23 Å². The maximum absolute atomic E-state index is 11.4. The van der Waals surface area contributed by atoms with Crippen LogP contribution in [-0.2, 0) is 18.3 Å². The minimum absolute atomic E-state index is 0.144. The molecule has 2 aliphatic heterocycles. The summed E-state index contributed by atoms with van der Waals surface area (Å²) in [6.45, 7) is -0.274. The van der Waals surface area contributed by atoms with E-state index in [1.165, 1.54) is 4.57 Å². The summed E-state index contributed by atoms with van der Waals surface area (Å²) in [6, 6.07) is 0. The molecule has 2 aromatic rings. The van der Waals surface area contributed by atoms with Crippen LogP contribution in [0.5, 0.6) is 5.88 Å². The quantitative estimate of drug-likeness (QED) is 0.319. The zero-order chi connectivity index (χ0) is 17.2. The summed E-state index contributed by atoms with van der Waals surface area (Å²) in [4.78, 5) is 23.3. The largest absolute Gasteiger partial charge is 0.756 e. The molecular formula is C10H11BrN5O7P. The molecule has 2 saturated heterocycles.